The zero-order valence-electron chi connectivity index (χ0n) is 12.5. The molecule has 1 heterocycles. The van der Waals surface area contributed by atoms with Gasteiger partial charge in [0.25, 0.3) is 5.56 Å². The molecule has 7 heteroatoms. The van der Waals surface area contributed by atoms with Crippen LogP contribution in [0.4, 0.5) is 5.95 Å². The van der Waals surface area contributed by atoms with E-state index in [0.29, 0.717) is 34.9 Å². The summed E-state index contributed by atoms with van der Waals surface area (Å²) in [6.45, 7) is 2.62. The third-order valence-corrected chi connectivity index (χ3v) is 3.32. The van der Waals surface area contributed by atoms with Crippen LogP contribution in [0.1, 0.15) is 19.8 Å². The van der Waals surface area contributed by atoms with Gasteiger partial charge in [0.05, 0.1) is 25.1 Å². The molecule has 0 amide bonds. The minimum Gasteiger partial charge on any atom is -0.493 e. The van der Waals surface area contributed by atoms with Crippen LogP contribution in [-0.4, -0.2) is 23.8 Å². The topological polar surface area (TPSA) is 91.4 Å². The first-order chi connectivity index (χ1) is 10.2. The van der Waals surface area contributed by atoms with Gasteiger partial charge in [-0.15, -0.1) is 0 Å². The van der Waals surface area contributed by atoms with Crippen molar-refractivity contribution in [2.75, 3.05) is 19.6 Å². The van der Waals surface area contributed by atoms with E-state index in [-0.39, 0.29) is 5.56 Å². The number of nitrogens with zero attached hydrogens (tertiary/aromatic N) is 2. The van der Waals surface area contributed by atoms with Gasteiger partial charge in [-0.05, 0) is 12.5 Å². The van der Waals surface area contributed by atoms with E-state index >= 15 is 0 Å². The lowest BCUT2D eigenvalue weighted by atomic mass is 10.2. The van der Waals surface area contributed by atoms with Crippen LogP contribution in [0.25, 0.3) is 10.9 Å². The van der Waals surface area contributed by atoms with Crippen LogP contribution in [0.3, 0.4) is 0 Å². The molecule has 21 heavy (non-hydrogen) atoms. The van der Waals surface area contributed by atoms with E-state index < -0.39 is 0 Å². The minimum absolute atomic E-state index is 0.151. The first kappa shape index (κ1) is 15.1. The molecule has 0 saturated carbocycles. The number of benzene rings is 1. The van der Waals surface area contributed by atoms with Crippen LogP contribution in [-0.2, 0) is 6.54 Å². The van der Waals surface area contributed by atoms with E-state index in [0.717, 1.165) is 12.8 Å². The fraction of sp³-hybridized carbons (Fsp3) is 0.429. The van der Waals surface area contributed by atoms with Crippen molar-refractivity contribution in [1.82, 2.24) is 9.55 Å². The highest BCUT2D eigenvalue weighted by atomic mass is 16.5. The molecule has 3 N–H and O–H groups in total. The Kier molecular flexibility index (Phi) is 4.64. The molecule has 0 atom stereocenters. The van der Waals surface area contributed by atoms with Crippen molar-refractivity contribution in [3.63, 3.8) is 0 Å². The van der Waals surface area contributed by atoms with Gasteiger partial charge in [0.1, 0.15) is 0 Å². The van der Waals surface area contributed by atoms with Gasteiger partial charge < -0.3 is 9.47 Å². The SMILES string of the molecule is CCCCn1c(NN)nc2cc(OC)c(OC)cc2c1=O. The van der Waals surface area contributed by atoms with Crippen molar-refractivity contribution in [2.24, 2.45) is 5.84 Å². The van der Waals surface area contributed by atoms with E-state index in [9.17, 15) is 4.79 Å². The highest BCUT2D eigenvalue weighted by Gasteiger charge is 2.14. The molecule has 0 radical (unpaired) electrons. The first-order valence-corrected chi connectivity index (χ1v) is 6.79. The number of nitrogens with two attached hydrogens (primary N) is 1. The maximum absolute atomic E-state index is 12.6. The molecule has 0 unspecified atom stereocenters. The highest BCUT2D eigenvalue weighted by Crippen LogP contribution is 2.30. The van der Waals surface area contributed by atoms with Gasteiger partial charge in [0.15, 0.2) is 11.5 Å². The normalized spacial score (nSPS) is 10.7. The minimum atomic E-state index is -0.151. The largest absolute Gasteiger partial charge is 0.493 e. The molecule has 2 rings (SSSR count). The predicted octanol–water partition coefficient (Wildman–Crippen LogP) is 1.50. The molecule has 0 aliphatic rings. The van der Waals surface area contributed by atoms with Gasteiger partial charge >= 0.3 is 0 Å². The molecule has 7 nitrogen and oxygen atoms in total. The van der Waals surface area contributed by atoms with Gasteiger partial charge in [-0.25, -0.2) is 10.8 Å². The van der Waals surface area contributed by atoms with Crippen molar-refractivity contribution in [3.8, 4) is 11.5 Å². The standard InChI is InChI=1S/C14H20N4O3/c1-4-5-6-18-13(19)9-7-11(20-2)12(21-3)8-10(9)16-14(18)17-15/h7-8H,4-6,15H2,1-3H3,(H,16,17). The number of rotatable bonds is 6. The number of unbranched alkanes of at least 4 members (excludes halogenated alkanes) is 1. The molecule has 0 aliphatic heterocycles. The maximum Gasteiger partial charge on any atom is 0.262 e. The van der Waals surface area contributed by atoms with Crippen LogP contribution < -0.4 is 26.3 Å². The number of methoxy groups -OCH3 is 2. The van der Waals surface area contributed by atoms with Crippen LogP contribution in [0.2, 0.25) is 0 Å². The number of hydrogen-bond donors (Lipinski definition) is 2. The molecule has 1 aromatic heterocycles. The summed E-state index contributed by atoms with van der Waals surface area (Å²) >= 11 is 0. The van der Waals surface area contributed by atoms with Crippen molar-refractivity contribution in [1.29, 1.82) is 0 Å². The number of fused-ring (bicyclic) bond motifs is 1. The van der Waals surface area contributed by atoms with E-state index in [1.165, 1.54) is 18.8 Å². The molecule has 114 valence electrons. The van der Waals surface area contributed by atoms with Gasteiger partial charge in [0.2, 0.25) is 5.95 Å². The summed E-state index contributed by atoms with van der Waals surface area (Å²) in [4.78, 5) is 17.0. The quantitative estimate of drug-likeness (QED) is 0.619. The number of aromatic nitrogens is 2. The lowest BCUT2D eigenvalue weighted by Crippen LogP contribution is -2.27. The maximum atomic E-state index is 12.6. The Morgan fingerprint density at radius 2 is 1.95 bits per heavy atom. The Hall–Kier alpha value is -2.28. The van der Waals surface area contributed by atoms with E-state index in [1.807, 2.05) is 0 Å². The number of nitrogen functional groups attached to an aromatic ring is 1. The zero-order valence-corrected chi connectivity index (χ0v) is 12.5. The fourth-order valence-corrected chi connectivity index (χ4v) is 2.18. The van der Waals surface area contributed by atoms with Gasteiger partial charge in [-0.3, -0.25) is 14.8 Å². The molecule has 0 fully saturated rings. The molecule has 2 aromatic rings. The summed E-state index contributed by atoms with van der Waals surface area (Å²) < 4.78 is 12.0. The Labute approximate surface area is 122 Å². The Morgan fingerprint density at radius 3 is 2.52 bits per heavy atom. The van der Waals surface area contributed by atoms with E-state index in [4.69, 9.17) is 15.3 Å². The predicted molar refractivity (Wildman–Crippen MR) is 81.8 cm³/mol. The fourth-order valence-electron chi connectivity index (χ4n) is 2.18. The molecule has 0 bridgehead atoms. The highest BCUT2D eigenvalue weighted by molar-refractivity contribution is 5.82. The lowest BCUT2D eigenvalue weighted by molar-refractivity contribution is 0.355. The Bertz CT molecular complexity index is 697. The number of anilines is 1. The van der Waals surface area contributed by atoms with Crippen LogP contribution in [0.5, 0.6) is 11.5 Å². The van der Waals surface area contributed by atoms with Crippen molar-refractivity contribution in [2.45, 2.75) is 26.3 Å². The average molecular weight is 292 g/mol. The van der Waals surface area contributed by atoms with Gasteiger partial charge in [-0.1, -0.05) is 13.3 Å². The summed E-state index contributed by atoms with van der Waals surface area (Å²) in [7, 11) is 3.07. The molecular weight excluding hydrogens is 272 g/mol. The van der Waals surface area contributed by atoms with E-state index in [2.05, 4.69) is 17.3 Å². The number of ether oxygens (including phenoxy) is 2. The summed E-state index contributed by atoms with van der Waals surface area (Å²) in [6, 6.07) is 3.31. The van der Waals surface area contributed by atoms with E-state index in [1.54, 1.807) is 12.1 Å². The second kappa shape index (κ2) is 6.45. The zero-order chi connectivity index (χ0) is 15.4. The summed E-state index contributed by atoms with van der Waals surface area (Å²) in [6.07, 6.45) is 1.84. The molecular formula is C14H20N4O3. The molecule has 0 spiro atoms. The van der Waals surface area contributed by atoms with Gasteiger partial charge in [0, 0.05) is 12.6 Å². The van der Waals surface area contributed by atoms with Crippen LogP contribution >= 0.6 is 0 Å². The second-order valence-corrected chi connectivity index (χ2v) is 4.61. The van der Waals surface area contributed by atoms with Crippen molar-refractivity contribution >= 4 is 16.9 Å². The smallest absolute Gasteiger partial charge is 0.262 e. The number of hydrazine groups is 1. The van der Waals surface area contributed by atoms with Crippen LogP contribution in [0, 0.1) is 0 Å². The third kappa shape index (κ3) is 2.78. The van der Waals surface area contributed by atoms with Crippen molar-refractivity contribution < 1.29 is 9.47 Å². The average Bonchev–Trinajstić information content (AvgIpc) is 2.52. The summed E-state index contributed by atoms with van der Waals surface area (Å²) in [5.74, 6) is 6.84. The Morgan fingerprint density at radius 1 is 1.29 bits per heavy atom. The molecule has 0 saturated heterocycles. The number of nitrogens with one attached hydrogen (secondary N) is 1. The summed E-state index contributed by atoms with van der Waals surface area (Å²) in [5, 5.41) is 0.475. The Balaban J connectivity index is 2.71. The number of hydrogen-bond acceptors (Lipinski definition) is 6. The molecule has 1 aromatic carbocycles. The third-order valence-electron chi connectivity index (χ3n) is 3.32. The van der Waals surface area contributed by atoms with Crippen molar-refractivity contribution in [3.05, 3.63) is 22.5 Å². The summed E-state index contributed by atoms with van der Waals surface area (Å²) in [5.41, 5.74) is 2.85. The first-order valence-electron chi connectivity index (χ1n) is 6.79. The van der Waals surface area contributed by atoms with Crippen LogP contribution in [0.15, 0.2) is 16.9 Å². The second-order valence-electron chi connectivity index (χ2n) is 4.61. The molecule has 0 aliphatic carbocycles. The lowest BCUT2D eigenvalue weighted by Gasteiger charge is -2.14. The monoisotopic (exact) mass is 292 g/mol. The van der Waals surface area contributed by atoms with Gasteiger partial charge in [-0.2, -0.15) is 0 Å².